The van der Waals surface area contributed by atoms with Crippen molar-refractivity contribution in [1.29, 1.82) is 0 Å². The highest BCUT2D eigenvalue weighted by Crippen LogP contribution is 2.28. The number of nitrogens with zero attached hydrogens (tertiary/aromatic N) is 1. The topological polar surface area (TPSA) is 53.6 Å². The average Bonchev–Trinajstić information content (AvgIpc) is 3.29. The first-order valence-electron chi connectivity index (χ1n) is 8.32. The number of likely N-dealkylation sites (tertiary alicyclic amines) is 1. The summed E-state index contributed by atoms with van der Waals surface area (Å²) in [6.45, 7) is 2.71. The number of amides is 2. The number of urea groups is 1. The molecule has 0 bridgehead atoms. The average molecular weight is 380 g/mol. The van der Waals surface area contributed by atoms with Crippen molar-refractivity contribution in [3.63, 3.8) is 0 Å². The van der Waals surface area contributed by atoms with Crippen LogP contribution in [-0.2, 0) is 0 Å². The van der Waals surface area contributed by atoms with Crippen LogP contribution >= 0.6 is 22.9 Å². The van der Waals surface area contributed by atoms with E-state index in [2.05, 4.69) is 32.4 Å². The molecule has 1 aromatic carbocycles. The van der Waals surface area contributed by atoms with E-state index in [1.807, 2.05) is 0 Å². The van der Waals surface area contributed by atoms with E-state index in [9.17, 15) is 4.79 Å². The summed E-state index contributed by atoms with van der Waals surface area (Å²) >= 11 is 7.69. The molecule has 1 fully saturated rings. The number of methoxy groups -OCH3 is 1. The Morgan fingerprint density at radius 1 is 1.36 bits per heavy atom. The molecule has 0 unspecified atom stereocenters. The third-order valence-electron chi connectivity index (χ3n) is 4.38. The maximum absolute atomic E-state index is 12.3. The summed E-state index contributed by atoms with van der Waals surface area (Å²) in [6, 6.07) is 7.21. The Kier molecular flexibility index (Phi) is 6.18. The van der Waals surface area contributed by atoms with Crippen molar-refractivity contribution in [3.05, 3.63) is 45.6 Å². The summed E-state index contributed by atoms with van der Waals surface area (Å²) in [6.07, 6.45) is 2.43. The molecule has 0 saturated carbocycles. The highest BCUT2D eigenvalue weighted by molar-refractivity contribution is 7.07. The fraction of sp³-hybridized carbons (Fsp3) is 0.389. The van der Waals surface area contributed by atoms with Crippen LogP contribution in [0.4, 0.5) is 10.5 Å². The lowest BCUT2D eigenvalue weighted by Crippen LogP contribution is -2.38. The van der Waals surface area contributed by atoms with Gasteiger partial charge >= 0.3 is 6.03 Å². The molecular formula is C18H22ClN3O2S. The fourth-order valence-electron chi connectivity index (χ4n) is 3.11. The molecule has 25 heavy (non-hydrogen) atoms. The number of carbonyl (C=O) groups excluding carboxylic acids is 1. The Morgan fingerprint density at radius 2 is 2.16 bits per heavy atom. The second-order valence-corrected chi connectivity index (χ2v) is 7.21. The zero-order valence-electron chi connectivity index (χ0n) is 14.1. The van der Waals surface area contributed by atoms with E-state index in [1.165, 1.54) is 18.4 Å². The van der Waals surface area contributed by atoms with Crippen molar-refractivity contribution in [1.82, 2.24) is 10.2 Å². The number of rotatable bonds is 6. The van der Waals surface area contributed by atoms with Crippen molar-refractivity contribution < 1.29 is 9.53 Å². The number of nitrogens with one attached hydrogen (secondary N) is 2. The van der Waals surface area contributed by atoms with Crippen LogP contribution in [0, 0.1) is 0 Å². The molecule has 1 aliphatic rings. The molecule has 5 nitrogen and oxygen atoms in total. The SMILES string of the molecule is COc1ccc(Cl)cc1NC(=O)NC[C@@H](c1ccsc1)N1CCCC1. The minimum atomic E-state index is -0.264. The Hall–Kier alpha value is -1.76. The first kappa shape index (κ1) is 18.0. The molecule has 2 amide bonds. The molecule has 2 aromatic rings. The number of benzene rings is 1. The minimum Gasteiger partial charge on any atom is -0.495 e. The van der Waals surface area contributed by atoms with Gasteiger partial charge in [-0.25, -0.2) is 4.79 Å². The van der Waals surface area contributed by atoms with Crippen LogP contribution < -0.4 is 15.4 Å². The summed E-state index contributed by atoms with van der Waals surface area (Å²) in [4.78, 5) is 14.8. The third kappa shape index (κ3) is 4.66. The van der Waals surface area contributed by atoms with E-state index in [1.54, 1.807) is 36.6 Å². The predicted octanol–water partition coefficient (Wildman–Crippen LogP) is 4.37. The van der Waals surface area contributed by atoms with Gasteiger partial charge in [0.05, 0.1) is 18.8 Å². The number of hydrogen-bond acceptors (Lipinski definition) is 4. The van der Waals surface area contributed by atoms with E-state index in [0.717, 1.165) is 13.1 Å². The molecule has 134 valence electrons. The Bertz CT molecular complexity index is 702. The van der Waals surface area contributed by atoms with E-state index < -0.39 is 0 Å². The number of thiophene rings is 1. The molecule has 0 radical (unpaired) electrons. The first-order valence-corrected chi connectivity index (χ1v) is 9.64. The zero-order chi connectivity index (χ0) is 17.6. The summed E-state index contributed by atoms with van der Waals surface area (Å²) in [5.74, 6) is 0.577. The summed E-state index contributed by atoms with van der Waals surface area (Å²) in [5, 5.41) is 10.6. The highest BCUT2D eigenvalue weighted by atomic mass is 35.5. The van der Waals surface area contributed by atoms with Gasteiger partial charge < -0.3 is 15.4 Å². The number of hydrogen-bond donors (Lipinski definition) is 2. The molecule has 0 spiro atoms. The summed E-state index contributed by atoms with van der Waals surface area (Å²) in [5.41, 5.74) is 1.81. The van der Waals surface area contributed by atoms with Gasteiger partial charge in [-0.15, -0.1) is 0 Å². The second kappa shape index (κ2) is 8.56. The zero-order valence-corrected chi connectivity index (χ0v) is 15.7. The van der Waals surface area contributed by atoms with Gasteiger partial charge in [0.15, 0.2) is 0 Å². The molecule has 1 atom stereocenters. The Morgan fingerprint density at radius 3 is 2.84 bits per heavy atom. The quantitative estimate of drug-likeness (QED) is 0.783. The Balaban J connectivity index is 1.63. The van der Waals surface area contributed by atoms with Gasteiger partial charge in [0, 0.05) is 11.6 Å². The predicted molar refractivity (Wildman–Crippen MR) is 103 cm³/mol. The molecule has 3 rings (SSSR count). The van der Waals surface area contributed by atoms with E-state index >= 15 is 0 Å². The number of halogens is 1. The fourth-order valence-corrected chi connectivity index (χ4v) is 3.99. The molecule has 0 aliphatic carbocycles. The van der Waals surface area contributed by atoms with Gasteiger partial charge in [-0.1, -0.05) is 11.6 Å². The Labute approximate surface area is 156 Å². The maximum atomic E-state index is 12.3. The van der Waals surface area contributed by atoms with Crippen molar-refractivity contribution >= 4 is 34.7 Å². The molecule has 1 aromatic heterocycles. The number of ether oxygens (including phenoxy) is 1. The highest BCUT2D eigenvalue weighted by Gasteiger charge is 2.24. The molecule has 7 heteroatoms. The van der Waals surface area contributed by atoms with Crippen LogP contribution in [0.5, 0.6) is 5.75 Å². The van der Waals surface area contributed by atoms with E-state index in [-0.39, 0.29) is 12.1 Å². The summed E-state index contributed by atoms with van der Waals surface area (Å²) < 4.78 is 5.26. The lowest BCUT2D eigenvalue weighted by Gasteiger charge is -2.27. The van der Waals surface area contributed by atoms with Crippen LogP contribution in [0.1, 0.15) is 24.4 Å². The van der Waals surface area contributed by atoms with Crippen LogP contribution in [0.25, 0.3) is 0 Å². The van der Waals surface area contributed by atoms with Crippen molar-refractivity contribution in [3.8, 4) is 5.75 Å². The molecule has 1 saturated heterocycles. The van der Waals surface area contributed by atoms with Gasteiger partial charge in [0.1, 0.15) is 5.75 Å². The number of anilines is 1. The molecule has 2 N–H and O–H groups in total. The summed E-state index contributed by atoms with van der Waals surface area (Å²) in [7, 11) is 1.56. The van der Waals surface area contributed by atoms with Crippen molar-refractivity contribution in [2.45, 2.75) is 18.9 Å². The van der Waals surface area contributed by atoms with E-state index in [4.69, 9.17) is 16.3 Å². The maximum Gasteiger partial charge on any atom is 0.319 e. The smallest absolute Gasteiger partial charge is 0.319 e. The van der Waals surface area contributed by atoms with E-state index in [0.29, 0.717) is 23.0 Å². The second-order valence-electron chi connectivity index (χ2n) is 6.00. The monoisotopic (exact) mass is 379 g/mol. The van der Waals surface area contributed by atoms with Crippen LogP contribution in [0.15, 0.2) is 35.0 Å². The van der Waals surface area contributed by atoms with Gasteiger partial charge in [0.25, 0.3) is 0 Å². The van der Waals surface area contributed by atoms with Crippen LogP contribution in [0.3, 0.4) is 0 Å². The third-order valence-corrected chi connectivity index (χ3v) is 5.31. The van der Waals surface area contributed by atoms with Gasteiger partial charge in [0.2, 0.25) is 0 Å². The lowest BCUT2D eigenvalue weighted by atomic mass is 10.1. The molecule has 1 aliphatic heterocycles. The van der Waals surface area contributed by atoms with Gasteiger partial charge in [-0.05, 0) is 66.5 Å². The number of carbonyl (C=O) groups is 1. The van der Waals surface area contributed by atoms with Crippen LogP contribution in [0.2, 0.25) is 5.02 Å². The largest absolute Gasteiger partial charge is 0.495 e. The lowest BCUT2D eigenvalue weighted by molar-refractivity contribution is 0.228. The molecule has 2 heterocycles. The first-order chi connectivity index (χ1) is 12.2. The van der Waals surface area contributed by atoms with Gasteiger partial charge in [-0.3, -0.25) is 4.90 Å². The van der Waals surface area contributed by atoms with Gasteiger partial charge in [-0.2, -0.15) is 11.3 Å². The normalized spacial score (nSPS) is 15.8. The van der Waals surface area contributed by atoms with Crippen molar-refractivity contribution in [2.24, 2.45) is 0 Å². The van der Waals surface area contributed by atoms with Crippen molar-refractivity contribution in [2.75, 3.05) is 32.1 Å². The molecular weight excluding hydrogens is 358 g/mol. The standard InChI is InChI=1S/C18H22ClN3O2S/c1-24-17-5-4-14(19)10-15(17)21-18(23)20-11-16(13-6-9-25-12-13)22-7-2-3-8-22/h4-6,9-10,12,16H,2-3,7-8,11H2,1H3,(H2,20,21,23)/t16-/m0/s1. The van der Waals surface area contributed by atoms with Crippen LogP contribution in [-0.4, -0.2) is 37.7 Å². The minimum absolute atomic E-state index is 0.209.